The number of benzene rings is 1. The number of ether oxygens (including phenoxy) is 1. The number of halogens is 1. The predicted octanol–water partition coefficient (Wildman–Crippen LogP) is -0.335. The SMILES string of the molecule is CN(C)C(=O)CNC(=O)c1cc(S(=O)(=O)N2CCOCC2)ccc1F. The molecule has 8 nitrogen and oxygen atoms in total. The first-order valence-corrected chi connectivity index (χ1v) is 9.03. The molecule has 1 heterocycles. The van der Waals surface area contributed by atoms with Gasteiger partial charge in [-0.15, -0.1) is 0 Å². The molecule has 0 aliphatic carbocycles. The molecule has 1 aromatic rings. The molecule has 0 aromatic heterocycles. The molecule has 138 valence electrons. The second-order valence-corrected chi connectivity index (χ2v) is 7.57. The molecule has 1 aliphatic rings. The maximum Gasteiger partial charge on any atom is 0.254 e. The summed E-state index contributed by atoms with van der Waals surface area (Å²) in [4.78, 5) is 24.7. The van der Waals surface area contributed by atoms with Gasteiger partial charge in [-0.25, -0.2) is 12.8 Å². The number of nitrogens with zero attached hydrogens (tertiary/aromatic N) is 2. The van der Waals surface area contributed by atoms with E-state index in [2.05, 4.69) is 5.32 Å². The van der Waals surface area contributed by atoms with E-state index < -0.39 is 27.3 Å². The highest BCUT2D eigenvalue weighted by Crippen LogP contribution is 2.20. The van der Waals surface area contributed by atoms with Crippen LogP contribution in [0.2, 0.25) is 0 Å². The van der Waals surface area contributed by atoms with E-state index in [9.17, 15) is 22.4 Å². The van der Waals surface area contributed by atoms with Crippen molar-refractivity contribution in [3.05, 3.63) is 29.6 Å². The minimum atomic E-state index is -3.85. The fraction of sp³-hybridized carbons (Fsp3) is 0.467. The Morgan fingerprint density at radius 1 is 1.28 bits per heavy atom. The zero-order valence-corrected chi connectivity index (χ0v) is 14.8. The number of carbonyl (C=O) groups excluding carboxylic acids is 2. The highest BCUT2D eigenvalue weighted by Gasteiger charge is 2.28. The van der Waals surface area contributed by atoms with Crippen molar-refractivity contribution in [2.75, 3.05) is 46.9 Å². The van der Waals surface area contributed by atoms with E-state index in [0.717, 1.165) is 18.2 Å². The highest BCUT2D eigenvalue weighted by atomic mass is 32.2. The van der Waals surface area contributed by atoms with Crippen molar-refractivity contribution in [3.63, 3.8) is 0 Å². The smallest absolute Gasteiger partial charge is 0.254 e. The molecule has 0 spiro atoms. The zero-order chi connectivity index (χ0) is 18.6. The molecule has 0 atom stereocenters. The third-order valence-electron chi connectivity index (χ3n) is 3.69. The minimum absolute atomic E-state index is 0.181. The van der Waals surface area contributed by atoms with E-state index in [1.807, 2.05) is 0 Å². The summed E-state index contributed by atoms with van der Waals surface area (Å²) in [5, 5.41) is 2.28. The summed E-state index contributed by atoms with van der Waals surface area (Å²) in [7, 11) is -0.811. The van der Waals surface area contributed by atoms with Crippen molar-refractivity contribution >= 4 is 21.8 Å². The number of amides is 2. The first kappa shape index (κ1) is 19.3. The normalized spacial score (nSPS) is 15.6. The summed E-state index contributed by atoms with van der Waals surface area (Å²) in [6.07, 6.45) is 0. The van der Waals surface area contributed by atoms with Gasteiger partial charge in [-0.1, -0.05) is 0 Å². The number of morpholine rings is 1. The Bertz CT molecular complexity index is 760. The van der Waals surface area contributed by atoms with E-state index in [1.165, 1.54) is 23.3 Å². The van der Waals surface area contributed by atoms with Gasteiger partial charge < -0.3 is 15.0 Å². The lowest BCUT2D eigenvalue weighted by atomic mass is 10.2. The minimum Gasteiger partial charge on any atom is -0.379 e. The maximum absolute atomic E-state index is 13.9. The number of hydrogen-bond acceptors (Lipinski definition) is 5. The van der Waals surface area contributed by atoms with E-state index in [0.29, 0.717) is 0 Å². The molecular weight excluding hydrogens is 353 g/mol. The molecule has 0 saturated carbocycles. The van der Waals surface area contributed by atoms with E-state index >= 15 is 0 Å². The maximum atomic E-state index is 13.9. The van der Waals surface area contributed by atoms with Crippen molar-refractivity contribution in [2.45, 2.75) is 4.90 Å². The lowest BCUT2D eigenvalue weighted by Gasteiger charge is -2.26. The zero-order valence-electron chi connectivity index (χ0n) is 14.0. The van der Waals surface area contributed by atoms with Gasteiger partial charge in [0.05, 0.1) is 30.2 Å². The van der Waals surface area contributed by atoms with Crippen molar-refractivity contribution in [2.24, 2.45) is 0 Å². The number of hydrogen-bond donors (Lipinski definition) is 1. The number of carbonyl (C=O) groups is 2. The van der Waals surface area contributed by atoms with Gasteiger partial charge >= 0.3 is 0 Å². The highest BCUT2D eigenvalue weighted by molar-refractivity contribution is 7.89. The quantitative estimate of drug-likeness (QED) is 0.762. The van der Waals surface area contributed by atoms with Crippen LogP contribution in [0.5, 0.6) is 0 Å². The van der Waals surface area contributed by atoms with Crippen molar-refractivity contribution in [3.8, 4) is 0 Å². The van der Waals surface area contributed by atoms with Gasteiger partial charge in [0, 0.05) is 27.2 Å². The number of nitrogens with one attached hydrogen (secondary N) is 1. The first-order chi connectivity index (χ1) is 11.7. The second kappa shape index (κ2) is 7.89. The van der Waals surface area contributed by atoms with Crippen molar-refractivity contribution < 1.29 is 27.1 Å². The Balaban J connectivity index is 2.22. The Kier molecular flexibility index (Phi) is 6.09. The van der Waals surface area contributed by atoms with Crippen LogP contribution in [0.1, 0.15) is 10.4 Å². The molecule has 2 rings (SSSR count). The molecule has 1 N–H and O–H groups in total. The average molecular weight is 373 g/mol. The molecule has 2 amide bonds. The van der Waals surface area contributed by atoms with Crippen LogP contribution < -0.4 is 5.32 Å². The monoisotopic (exact) mass is 373 g/mol. The molecule has 0 radical (unpaired) electrons. The molecule has 1 fully saturated rings. The third-order valence-corrected chi connectivity index (χ3v) is 5.58. The number of rotatable bonds is 5. The lowest BCUT2D eigenvalue weighted by Crippen LogP contribution is -2.40. The lowest BCUT2D eigenvalue weighted by molar-refractivity contribution is -0.127. The Morgan fingerprint density at radius 2 is 1.92 bits per heavy atom. The summed E-state index contributed by atoms with van der Waals surface area (Å²) < 4.78 is 45.5. The average Bonchev–Trinajstić information content (AvgIpc) is 2.60. The van der Waals surface area contributed by atoms with Gasteiger partial charge in [0.2, 0.25) is 15.9 Å². The van der Waals surface area contributed by atoms with Gasteiger partial charge in [-0.2, -0.15) is 4.31 Å². The van der Waals surface area contributed by atoms with Gasteiger partial charge in [0.15, 0.2) is 0 Å². The summed E-state index contributed by atoms with van der Waals surface area (Å²) in [6, 6.07) is 3.02. The van der Waals surface area contributed by atoms with Crippen LogP contribution in [0.3, 0.4) is 0 Å². The Labute approximate surface area is 145 Å². The molecule has 10 heteroatoms. The topological polar surface area (TPSA) is 96.0 Å². The van der Waals surface area contributed by atoms with Crippen LogP contribution in [0.15, 0.2) is 23.1 Å². The molecule has 25 heavy (non-hydrogen) atoms. The molecule has 0 unspecified atom stereocenters. The summed E-state index contributed by atoms with van der Waals surface area (Å²) in [5.41, 5.74) is -0.430. The van der Waals surface area contributed by atoms with Gasteiger partial charge in [0.25, 0.3) is 5.91 Å². The number of sulfonamides is 1. The largest absolute Gasteiger partial charge is 0.379 e. The third kappa shape index (κ3) is 4.53. The van der Waals surface area contributed by atoms with Gasteiger partial charge in [-0.3, -0.25) is 9.59 Å². The van der Waals surface area contributed by atoms with Crippen LogP contribution in [-0.2, 0) is 19.6 Å². The second-order valence-electron chi connectivity index (χ2n) is 5.63. The standard InChI is InChI=1S/C15H20FN3O5S/c1-18(2)14(20)10-17-15(21)12-9-11(3-4-13(12)16)25(22,23)19-5-7-24-8-6-19/h3-4,9H,5-8,10H2,1-2H3,(H,17,21). The fourth-order valence-corrected chi connectivity index (χ4v) is 3.62. The van der Waals surface area contributed by atoms with Gasteiger partial charge in [-0.05, 0) is 18.2 Å². The summed E-state index contributed by atoms with van der Waals surface area (Å²) >= 11 is 0. The predicted molar refractivity (Wildman–Crippen MR) is 87.0 cm³/mol. The van der Waals surface area contributed by atoms with E-state index in [4.69, 9.17) is 4.74 Å². The van der Waals surface area contributed by atoms with Gasteiger partial charge in [0.1, 0.15) is 5.82 Å². The summed E-state index contributed by atoms with van der Waals surface area (Å²) in [6.45, 7) is 0.629. The summed E-state index contributed by atoms with van der Waals surface area (Å²) in [5.74, 6) is -2.09. The van der Waals surface area contributed by atoms with Crippen molar-refractivity contribution in [1.29, 1.82) is 0 Å². The van der Waals surface area contributed by atoms with E-state index in [-0.39, 0.29) is 43.7 Å². The Morgan fingerprint density at radius 3 is 2.52 bits per heavy atom. The molecule has 1 aliphatic heterocycles. The van der Waals surface area contributed by atoms with Crippen LogP contribution in [0.4, 0.5) is 4.39 Å². The molecular formula is C15H20FN3O5S. The molecule has 1 saturated heterocycles. The fourth-order valence-electron chi connectivity index (χ4n) is 2.18. The Hall–Kier alpha value is -2.04. The molecule has 0 bridgehead atoms. The first-order valence-electron chi connectivity index (χ1n) is 7.59. The van der Waals surface area contributed by atoms with E-state index in [1.54, 1.807) is 0 Å². The molecule has 1 aromatic carbocycles. The van der Waals surface area contributed by atoms with Crippen LogP contribution >= 0.6 is 0 Å². The van der Waals surface area contributed by atoms with Crippen molar-refractivity contribution in [1.82, 2.24) is 14.5 Å². The van der Waals surface area contributed by atoms with Crippen LogP contribution in [-0.4, -0.2) is 76.4 Å². The van der Waals surface area contributed by atoms with Crippen LogP contribution in [0.25, 0.3) is 0 Å². The van der Waals surface area contributed by atoms with Crippen LogP contribution in [0, 0.1) is 5.82 Å². The number of likely N-dealkylation sites (N-methyl/N-ethyl adjacent to an activating group) is 1.